The molecule has 0 aliphatic heterocycles. The van der Waals surface area contributed by atoms with Crippen molar-refractivity contribution in [3.63, 3.8) is 0 Å². The molecule has 0 aliphatic carbocycles. The molecule has 0 fully saturated rings. The van der Waals surface area contributed by atoms with Crippen LogP contribution < -0.4 is 5.32 Å². The zero-order valence-corrected chi connectivity index (χ0v) is 14.6. The Morgan fingerprint density at radius 1 is 1.26 bits per heavy atom. The monoisotopic (exact) mass is 359 g/mol. The number of anilines is 2. The average Bonchev–Trinajstić information content (AvgIpc) is 3.34. The van der Waals surface area contributed by atoms with Crippen molar-refractivity contribution in [1.82, 2.24) is 24.4 Å². The minimum absolute atomic E-state index is 0.0156. The lowest BCUT2D eigenvalue weighted by Gasteiger charge is -2.06. The summed E-state index contributed by atoms with van der Waals surface area (Å²) in [6, 6.07) is 13.3. The predicted octanol–water partition coefficient (Wildman–Crippen LogP) is 2.76. The number of aliphatic hydroxyl groups excluding tert-OH is 1. The van der Waals surface area contributed by atoms with Crippen molar-refractivity contribution in [3.05, 3.63) is 60.6 Å². The fraction of sp³-hybridized carbons (Fsp3) is 0.158. The normalized spacial score (nSPS) is 12.0. The first kappa shape index (κ1) is 16.8. The summed E-state index contributed by atoms with van der Waals surface area (Å²) < 4.78 is 3.39. The van der Waals surface area contributed by atoms with Crippen molar-refractivity contribution < 1.29 is 5.11 Å². The molecule has 0 radical (unpaired) electrons. The highest BCUT2D eigenvalue weighted by molar-refractivity contribution is 5.78. The molecule has 0 amide bonds. The second kappa shape index (κ2) is 6.90. The largest absolute Gasteiger partial charge is 0.394 e. The lowest BCUT2D eigenvalue weighted by Crippen LogP contribution is -2.09. The van der Waals surface area contributed by atoms with Gasteiger partial charge >= 0.3 is 0 Å². The van der Waals surface area contributed by atoms with Crippen LogP contribution in [0.15, 0.2) is 55.0 Å². The van der Waals surface area contributed by atoms with Crippen molar-refractivity contribution in [2.75, 3.05) is 11.9 Å². The molecule has 1 atom stereocenters. The van der Waals surface area contributed by atoms with Crippen LogP contribution in [0.3, 0.4) is 0 Å². The average molecular weight is 359 g/mol. The topological polar surface area (TPSA) is 104 Å². The molecule has 0 unspecified atom stereocenters. The molecule has 3 heterocycles. The van der Waals surface area contributed by atoms with Crippen LogP contribution in [0.5, 0.6) is 0 Å². The summed E-state index contributed by atoms with van der Waals surface area (Å²) in [6.45, 7) is 1.89. The minimum Gasteiger partial charge on any atom is -0.394 e. The van der Waals surface area contributed by atoms with Gasteiger partial charge in [0.1, 0.15) is 0 Å². The number of fused-ring (bicyclic) bond motifs is 1. The van der Waals surface area contributed by atoms with E-state index in [-0.39, 0.29) is 12.6 Å². The zero-order valence-electron chi connectivity index (χ0n) is 14.6. The van der Waals surface area contributed by atoms with Gasteiger partial charge in [-0.3, -0.25) is 4.68 Å². The lowest BCUT2D eigenvalue weighted by atomic mass is 10.1. The molecule has 0 spiro atoms. The van der Waals surface area contributed by atoms with Crippen LogP contribution in [0, 0.1) is 11.3 Å². The van der Waals surface area contributed by atoms with E-state index in [1.165, 1.54) is 0 Å². The molecular weight excluding hydrogens is 342 g/mol. The van der Waals surface area contributed by atoms with Gasteiger partial charge in [0.25, 0.3) is 0 Å². The van der Waals surface area contributed by atoms with Crippen LogP contribution in [0.4, 0.5) is 11.6 Å². The fourth-order valence-electron chi connectivity index (χ4n) is 2.77. The van der Waals surface area contributed by atoms with Gasteiger partial charge in [0.2, 0.25) is 5.95 Å². The number of aliphatic hydroxyl groups is 1. The first-order valence-electron chi connectivity index (χ1n) is 8.46. The van der Waals surface area contributed by atoms with Gasteiger partial charge in [-0.2, -0.15) is 15.3 Å². The van der Waals surface area contributed by atoms with Gasteiger partial charge in [0.15, 0.2) is 5.65 Å². The zero-order chi connectivity index (χ0) is 18.8. The number of rotatable bonds is 5. The van der Waals surface area contributed by atoms with Gasteiger partial charge in [0, 0.05) is 18.0 Å². The molecule has 0 aliphatic rings. The molecule has 0 saturated heterocycles. The summed E-state index contributed by atoms with van der Waals surface area (Å²) in [5, 5.41) is 30.0. The maximum absolute atomic E-state index is 9.23. The lowest BCUT2D eigenvalue weighted by molar-refractivity contribution is 0.230. The standard InChI is InChI=1S/C19H17N7O/c1-13(12-27)26-11-16(10-21-26)22-19-23-18-17(3-2-8-25(18)24-19)15-6-4-14(9-20)5-7-15/h2-8,10-11,13,27H,12H2,1H3,(H,22,24)/t13-/m1/s1. The molecule has 134 valence electrons. The molecule has 27 heavy (non-hydrogen) atoms. The smallest absolute Gasteiger partial charge is 0.247 e. The summed E-state index contributed by atoms with van der Waals surface area (Å²) in [6.07, 6.45) is 5.30. The van der Waals surface area contributed by atoms with Crippen LogP contribution in [0.25, 0.3) is 16.8 Å². The molecule has 8 nitrogen and oxygen atoms in total. The molecule has 3 aromatic heterocycles. The molecule has 1 aromatic carbocycles. The Labute approximate surface area is 155 Å². The number of nitrogens with one attached hydrogen (secondary N) is 1. The Balaban J connectivity index is 1.66. The van der Waals surface area contributed by atoms with E-state index in [9.17, 15) is 5.11 Å². The Morgan fingerprint density at radius 2 is 2.07 bits per heavy atom. The molecule has 4 aromatic rings. The molecule has 4 rings (SSSR count). The van der Waals surface area contributed by atoms with Crippen molar-refractivity contribution in [2.45, 2.75) is 13.0 Å². The van der Waals surface area contributed by atoms with Gasteiger partial charge in [-0.1, -0.05) is 12.1 Å². The molecule has 8 heteroatoms. The van der Waals surface area contributed by atoms with Crippen LogP contribution in [-0.4, -0.2) is 36.1 Å². The summed E-state index contributed by atoms with van der Waals surface area (Å²) >= 11 is 0. The number of nitriles is 1. The third-order valence-corrected chi connectivity index (χ3v) is 4.26. The van der Waals surface area contributed by atoms with Crippen LogP contribution >= 0.6 is 0 Å². The number of pyridine rings is 1. The Hall–Kier alpha value is -3.70. The predicted molar refractivity (Wildman–Crippen MR) is 100 cm³/mol. The number of benzene rings is 1. The van der Waals surface area contributed by atoms with E-state index in [1.807, 2.05) is 37.4 Å². The third kappa shape index (κ3) is 3.23. The minimum atomic E-state index is -0.0995. The van der Waals surface area contributed by atoms with Gasteiger partial charge in [-0.25, -0.2) is 4.52 Å². The Kier molecular flexibility index (Phi) is 4.28. The van der Waals surface area contributed by atoms with Crippen LogP contribution in [0.2, 0.25) is 0 Å². The van der Waals surface area contributed by atoms with E-state index in [2.05, 4.69) is 26.6 Å². The molecule has 0 saturated carbocycles. The van der Waals surface area contributed by atoms with Gasteiger partial charge in [0.05, 0.1) is 36.2 Å². The van der Waals surface area contributed by atoms with Gasteiger partial charge in [-0.15, -0.1) is 5.10 Å². The SMILES string of the molecule is C[C@H](CO)n1cc(Nc2nc3c(-c4ccc(C#N)cc4)cccn3n2)cn1. The van der Waals surface area contributed by atoms with E-state index < -0.39 is 0 Å². The molecular formula is C19H17N7O. The third-order valence-electron chi connectivity index (χ3n) is 4.26. The highest BCUT2D eigenvalue weighted by Crippen LogP contribution is 2.25. The Bertz CT molecular complexity index is 1120. The summed E-state index contributed by atoms with van der Waals surface area (Å²) in [7, 11) is 0. The first-order valence-corrected chi connectivity index (χ1v) is 8.46. The van der Waals surface area contributed by atoms with Gasteiger partial charge in [-0.05, 0) is 36.8 Å². The maximum atomic E-state index is 9.23. The summed E-state index contributed by atoms with van der Waals surface area (Å²) in [4.78, 5) is 4.59. The van der Waals surface area contributed by atoms with E-state index in [0.717, 1.165) is 16.8 Å². The number of hydrogen-bond acceptors (Lipinski definition) is 6. The van der Waals surface area contributed by atoms with E-state index in [1.54, 1.807) is 33.7 Å². The van der Waals surface area contributed by atoms with Crippen molar-refractivity contribution >= 4 is 17.3 Å². The fourth-order valence-corrected chi connectivity index (χ4v) is 2.77. The second-order valence-corrected chi connectivity index (χ2v) is 6.18. The van der Waals surface area contributed by atoms with Crippen molar-refractivity contribution in [1.29, 1.82) is 5.26 Å². The first-order chi connectivity index (χ1) is 13.2. The maximum Gasteiger partial charge on any atom is 0.247 e. The number of aromatic nitrogens is 5. The summed E-state index contributed by atoms with van der Waals surface area (Å²) in [5.41, 5.74) is 3.95. The highest BCUT2D eigenvalue weighted by atomic mass is 16.3. The van der Waals surface area contributed by atoms with E-state index >= 15 is 0 Å². The number of nitrogens with zero attached hydrogens (tertiary/aromatic N) is 6. The van der Waals surface area contributed by atoms with E-state index in [0.29, 0.717) is 17.2 Å². The van der Waals surface area contributed by atoms with Crippen molar-refractivity contribution in [2.24, 2.45) is 0 Å². The van der Waals surface area contributed by atoms with Crippen LogP contribution in [0.1, 0.15) is 18.5 Å². The number of hydrogen-bond donors (Lipinski definition) is 2. The van der Waals surface area contributed by atoms with E-state index in [4.69, 9.17) is 5.26 Å². The quantitative estimate of drug-likeness (QED) is 0.568. The Morgan fingerprint density at radius 3 is 2.81 bits per heavy atom. The second-order valence-electron chi connectivity index (χ2n) is 6.18. The highest BCUT2D eigenvalue weighted by Gasteiger charge is 2.11. The van der Waals surface area contributed by atoms with Crippen LogP contribution in [-0.2, 0) is 0 Å². The molecule has 2 N–H and O–H groups in total. The molecule has 0 bridgehead atoms. The van der Waals surface area contributed by atoms with Crippen molar-refractivity contribution in [3.8, 4) is 17.2 Å². The summed E-state index contributed by atoms with van der Waals surface area (Å²) in [5.74, 6) is 0.451. The van der Waals surface area contributed by atoms with Gasteiger partial charge < -0.3 is 10.4 Å².